The Balaban J connectivity index is 1.39. The predicted octanol–water partition coefficient (Wildman–Crippen LogP) is 3.34. The number of nitrogens with one attached hydrogen (secondary N) is 1. The number of carbonyl (C=O) groups excluding carboxylic acids is 1. The van der Waals surface area contributed by atoms with Gasteiger partial charge in [-0.05, 0) is 58.0 Å². The zero-order valence-electron chi connectivity index (χ0n) is 19.0. The monoisotopic (exact) mass is 435 g/mol. The number of amides is 2. The van der Waals surface area contributed by atoms with Crippen LogP contribution in [0.3, 0.4) is 0 Å². The van der Waals surface area contributed by atoms with Crippen LogP contribution in [-0.2, 0) is 0 Å². The highest BCUT2D eigenvalue weighted by Crippen LogP contribution is 2.20. The van der Waals surface area contributed by atoms with Crippen molar-refractivity contribution in [3.63, 3.8) is 0 Å². The van der Waals surface area contributed by atoms with Crippen LogP contribution < -0.4 is 15.0 Å². The summed E-state index contributed by atoms with van der Waals surface area (Å²) in [6.07, 6.45) is 0. The summed E-state index contributed by atoms with van der Waals surface area (Å²) in [6.45, 7) is 11.0. The molecule has 1 aliphatic rings. The fourth-order valence-corrected chi connectivity index (χ4v) is 3.81. The van der Waals surface area contributed by atoms with Crippen molar-refractivity contribution in [2.45, 2.75) is 27.7 Å². The molecule has 9 heteroatoms. The Morgan fingerprint density at radius 2 is 1.69 bits per heavy atom. The first-order chi connectivity index (χ1) is 15.4. The first-order valence-corrected chi connectivity index (χ1v) is 10.9. The van der Waals surface area contributed by atoms with Crippen molar-refractivity contribution in [2.75, 3.05) is 43.0 Å². The molecule has 0 saturated carbocycles. The number of benzene rings is 1. The highest BCUT2D eigenvalue weighted by atomic mass is 16.5. The number of hydrogen-bond acceptors (Lipinski definition) is 6. The summed E-state index contributed by atoms with van der Waals surface area (Å²) in [4.78, 5) is 25.9. The average Bonchev–Trinajstić information content (AvgIpc) is 3.13. The van der Waals surface area contributed by atoms with Crippen molar-refractivity contribution in [3.05, 3.63) is 53.6 Å². The molecule has 0 unspecified atom stereocenters. The molecule has 0 spiro atoms. The Morgan fingerprint density at radius 3 is 2.31 bits per heavy atom. The van der Waals surface area contributed by atoms with Gasteiger partial charge in [0, 0.05) is 43.6 Å². The number of ether oxygens (including phenoxy) is 1. The van der Waals surface area contributed by atoms with E-state index in [9.17, 15) is 4.79 Å². The van der Waals surface area contributed by atoms with Crippen LogP contribution in [0.1, 0.15) is 24.1 Å². The van der Waals surface area contributed by atoms with Gasteiger partial charge in [-0.25, -0.2) is 19.4 Å². The lowest BCUT2D eigenvalue weighted by atomic mass is 10.3. The molecule has 3 heterocycles. The number of hydrogen-bond donors (Lipinski definition) is 1. The highest BCUT2D eigenvalue weighted by Gasteiger charge is 2.23. The van der Waals surface area contributed by atoms with Crippen LogP contribution in [0.4, 0.5) is 16.3 Å². The van der Waals surface area contributed by atoms with Gasteiger partial charge in [0.2, 0.25) is 0 Å². The van der Waals surface area contributed by atoms with E-state index in [2.05, 4.69) is 25.3 Å². The zero-order chi connectivity index (χ0) is 22.7. The lowest BCUT2D eigenvalue weighted by Crippen LogP contribution is -2.50. The zero-order valence-corrected chi connectivity index (χ0v) is 19.0. The molecule has 32 heavy (non-hydrogen) atoms. The van der Waals surface area contributed by atoms with Crippen molar-refractivity contribution in [1.29, 1.82) is 0 Å². The molecule has 2 amide bonds. The summed E-state index contributed by atoms with van der Waals surface area (Å²) in [5.74, 6) is 3.10. The molecule has 1 saturated heterocycles. The van der Waals surface area contributed by atoms with Crippen LogP contribution in [0.5, 0.6) is 5.75 Å². The van der Waals surface area contributed by atoms with Gasteiger partial charge in [0.25, 0.3) is 0 Å². The molecule has 9 nitrogen and oxygen atoms in total. The Bertz CT molecular complexity index is 1090. The molecule has 0 atom stereocenters. The van der Waals surface area contributed by atoms with Gasteiger partial charge >= 0.3 is 6.03 Å². The third-order valence-electron chi connectivity index (χ3n) is 5.34. The lowest BCUT2D eigenvalue weighted by molar-refractivity contribution is 0.208. The maximum absolute atomic E-state index is 12.7. The molecular formula is C23H29N7O2. The van der Waals surface area contributed by atoms with Gasteiger partial charge in [0.05, 0.1) is 12.3 Å². The van der Waals surface area contributed by atoms with Crippen LogP contribution in [-0.4, -0.2) is 63.5 Å². The molecule has 1 aromatic carbocycles. The summed E-state index contributed by atoms with van der Waals surface area (Å²) in [5.41, 5.74) is 2.73. The summed E-state index contributed by atoms with van der Waals surface area (Å²) in [5, 5.41) is 7.50. The number of anilines is 2. The second-order valence-corrected chi connectivity index (χ2v) is 7.83. The first-order valence-electron chi connectivity index (χ1n) is 10.9. The first kappa shape index (κ1) is 21.6. The normalized spacial score (nSPS) is 13.9. The number of urea groups is 1. The summed E-state index contributed by atoms with van der Waals surface area (Å²) >= 11 is 0. The molecule has 1 N–H and O–H groups in total. The minimum atomic E-state index is -0.101. The quantitative estimate of drug-likeness (QED) is 0.661. The molecule has 0 radical (unpaired) electrons. The molecule has 0 bridgehead atoms. The van der Waals surface area contributed by atoms with Gasteiger partial charge in [0.1, 0.15) is 17.4 Å². The Labute approximate surface area is 188 Å². The van der Waals surface area contributed by atoms with Gasteiger partial charge in [0.15, 0.2) is 5.82 Å². The van der Waals surface area contributed by atoms with Gasteiger partial charge in [-0.15, -0.1) is 0 Å². The van der Waals surface area contributed by atoms with Crippen LogP contribution >= 0.6 is 0 Å². The van der Waals surface area contributed by atoms with E-state index in [4.69, 9.17) is 4.74 Å². The number of carbonyl (C=O) groups is 1. The van der Waals surface area contributed by atoms with Gasteiger partial charge in [-0.2, -0.15) is 5.10 Å². The lowest BCUT2D eigenvalue weighted by Gasteiger charge is -2.35. The van der Waals surface area contributed by atoms with E-state index in [0.29, 0.717) is 38.6 Å². The van der Waals surface area contributed by atoms with Crippen LogP contribution in [0.15, 0.2) is 36.4 Å². The van der Waals surface area contributed by atoms with E-state index < -0.39 is 0 Å². The summed E-state index contributed by atoms with van der Waals surface area (Å²) < 4.78 is 7.29. The largest absolute Gasteiger partial charge is 0.494 e. The minimum absolute atomic E-state index is 0.101. The second-order valence-electron chi connectivity index (χ2n) is 7.83. The molecule has 1 aliphatic heterocycles. The number of aromatic nitrogens is 4. The van der Waals surface area contributed by atoms with Crippen molar-refractivity contribution < 1.29 is 9.53 Å². The van der Waals surface area contributed by atoms with E-state index in [1.807, 2.05) is 73.7 Å². The number of aryl methyl sites for hydroxylation is 3. The van der Waals surface area contributed by atoms with E-state index in [1.54, 1.807) is 0 Å². The molecule has 4 rings (SSSR count). The van der Waals surface area contributed by atoms with Crippen molar-refractivity contribution in [3.8, 4) is 11.6 Å². The average molecular weight is 436 g/mol. The Hall–Kier alpha value is -3.62. The van der Waals surface area contributed by atoms with Crippen molar-refractivity contribution >= 4 is 17.5 Å². The highest BCUT2D eigenvalue weighted by molar-refractivity contribution is 5.89. The minimum Gasteiger partial charge on any atom is -0.494 e. The number of piperazine rings is 1. The van der Waals surface area contributed by atoms with Gasteiger partial charge in [-0.1, -0.05) is 0 Å². The van der Waals surface area contributed by atoms with Crippen LogP contribution in [0.2, 0.25) is 0 Å². The number of rotatable bonds is 5. The fraction of sp³-hybridized carbons (Fsp3) is 0.391. The van der Waals surface area contributed by atoms with E-state index in [0.717, 1.165) is 34.5 Å². The Morgan fingerprint density at radius 1 is 1.00 bits per heavy atom. The predicted molar refractivity (Wildman–Crippen MR) is 124 cm³/mol. The summed E-state index contributed by atoms with van der Waals surface area (Å²) in [6, 6.07) is 11.3. The molecular weight excluding hydrogens is 406 g/mol. The maximum Gasteiger partial charge on any atom is 0.321 e. The van der Waals surface area contributed by atoms with Gasteiger partial charge in [-0.3, -0.25) is 0 Å². The smallest absolute Gasteiger partial charge is 0.321 e. The summed E-state index contributed by atoms with van der Waals surface area (Å²) in [7, 11) is 0. The van der Waals surface area contributed by atoms with Crippen molar-refractivity contribution in [1.82, 2.24) is 24.6 Å². The third-order valence-corrected chi connectivity index (χ3v) is 5.34. The van der Waals surface area contributed by atoms with E-state index in [-0.39, 0.29) is 6.03 Å². The second kappa shape index (κ2) is 9.25. The maximum atomic E-state index is 12.7. The SMILES string of the molecule is CCOc1ccc(NC(=O)N2CCN(c3cc(-n4nc(C)cc4C)nc(C)n3)CC2)cc1. The molecule has 0 aliphatic carbocycles. The molecule has 2 aromatic heterocycles. The fourth-order valence-electron chi connectivity index (χ4n) is 3.81. The Kier molecular flexibility index (Phi) is 6.25. The topological polar surface area (TPSA) is 88.4 Å². The molecule has 3 aromatic rings. The molecule has 168 valence electrons. The number of nitrogens with zero attached hydrogens (tertiary/aromatic N) is 6. The van der Waals surface area contributed by atoms with Crippen molar-refractivity contribution in [2.24, 2.45) is 0 Å². The van der Waals surface area contributed by atoms with Crippen LogP contribution in [0, 0.1) is 20.8 Å². The van der Waals surface area contributed by atoms with E-state index >= 15 is 0 Å². The third kappa shape index (κ3) is 4.82. The standard InChI is InChI=1S/C23H29N7O2/c1-5-32-20-8-6-19(7-9-20)26-23(31)29-12-10-28(11-13-29)21-15-22(25-18(4)24-21)30-17(3)14-16(2)27-30/h6-9,14-15H,5,10-13H2,1-4H3,(H,26,31). The van der Waals surface area contributed by atoms with Gasteiger partial charge < -0.3 is 19.9 Å². The van der Waals surface area contributed by atoms with E-state index in [1.165, 1.54) is 0 Å². The molecule has 1 fully saturated rings. The van der Waals surface area contributed by atoms with Crippen LogP contribution in [0.25, 0.3) is 5.82 Å².